The molecule has 0 radical (unpaired) electrons. The maximum atomic E-state index is 12.1. The molecular weight excluding hydrogens is 256 g/mol. The lowest BCUT2D eigenvalue weighted by atomic mass is 9.68. The Balaban J connectivity index is 1.94. The van der Waals surface area contributed by atoms with E-state index in [-0.39, 0.29) is 17.4 Å². The Morgan fingerprint density at radius 3 is 2.85 bits per heavy atom. The number of hydrogen-bond acceptors (Lipinski definition) is 3. The molecule has 0 aromatic rings. The van der Waals surface area contributed by atoms with Gasteiger partial charge in [-0.1, -0.05) is 6.42 Å². The largest absolute Gasteiger partial charge is 0.375 e. The van der Waals surface area contributed by atoms with Crippen molar-refractivity contribution in [2.45, 2.75) is 39.2 Å². The minimum Gasteiger partial charge on any atom is -0.375 e. The van der Waals surface area contributed by atoms with Crippen molar-refractivity contribution in [3.05, 3.63) is 0 Å². The number of ether oxygens (including phenoxy) is 1. The standard InChI is InChI=1S/C14H26N4O2/c1-3-16-12(19)14(5-4-6-14)10-17-13(15)18-7-8-20-11(2)9-18/h11H,3-10H2,1-2H3,(H2,15,17)(H,16,19). The third-order valence-corrected chi connectivity index (χ3v) is 4.24. The van der Waals surface area contributed by atoms with E-state index in [2.05, 4.69) is 10.3 Å². The molecule has 2 rings (SSSR count). The molecule has 20 heavy (non-hydrogen) atoms. The molecule has 1 unspecified atom stereocenters. The first-order valence-corrected chi connectivity index (χ1v) is 7.52. The predicted octanol–water partition coefficient (Wildman–Crippen LogP) is 0.328. The monoisotopic (exact) mass is 282 g/mol. The van der Waals surface area contributed by atoms with E-state index in [0.29, 0.717) is 25.7 Å². The van der Waals surface area contributed by atoms with Crippen LogP contribution in [0, 0.1) is 5.41 Å². The third kappa shape index (κ3) is 3.23. The Morgan fingerprint density at radius 1 is 1.55 bits per heavy atom. The van der Waals surface area contributed by atoms with Crippen molar-refractivity contribution in [3.63, 3.8) is 0 Å². The maximum Gasteiger partial charge on any atom is 0.228 e. The number of nitrogens with two attached hydrogens (primary N) is 1. The van der Waals surface area contributed by atoms with Gasteiger partial charge in [0.05, 0.1) is 24.7 Å². The Labute approximate surface area is 120 Å². The number of aliphatic imine (C=N–C) groups is 1. The topological polar surface area (TPSA) is 80.0 Å². The van der Waals surface area contributed by atoms with E-state index in [0.717, 1.165) is 32.4 Å². The van der Waals surface area contributed by atoms with Gasteiger partial charge in [0.2, 0.25) is 5.91 Å². The summed E-state index contributed by atoms with van der Waals surface area (Å²) < 4.78 is 5.49. The molecule has 0 aromatic carbocycles. The van der Waals surface area contributed by atoms with Crippen molar-refractivity contribution in [2.75, 3.05) is 32.8 Å². The van der Waals surface area contributed by atoms with Gasteiger partial charge in [0.1, 0.15) is 0 Å². The van der Waals surface area contributed by atoms with Gasteiger partial charge in [-0.2, -0.15) is 0 Å². The normalized spacial score (nSPS) is 26.0. The van der Waals surface area contributed by atoms with Gasteiger partial charge in [0, 0.05) is 19.6 Å². The quantitative estimate of drug-likeness (QED) is 0.575. The van der Waals surface area contributed by atoms with Crippen LogP contribution >= 0.6 is 0 Å². The van der Waals surface area contributed by atoms with Gasteiger partial charge in [-0.05, 0) is 26.7 Å². The predicted molar refractivity (Wildman–Crippen MR) is 78.4 cm³/mol. The number of carbonyl (C=O) groups is 1. The van der Waals surface area contributed by atoms with Crippen molar-refractivity contribution in [1.29, 1.82) is 0 Å². The molecule has 3 N–H and O–H groups in total. The Morgan fingerprint density at radius 2 is 2.30 bits per heavy atom. The number of nitrogens with one attached hydrogen (secondary N) is 1. The summed E-state index contributed by atoms with van der Waals surface area (Å²) in [7, 11) is 0. The van der Waals surface area contributed by atoms with Crippen molar-refractivity contribution in [2.24, 2.45) is 16.1 Å². The summed E-state index contributed by atoms with van der Waals surface area (Å²) in [5.41, 5.74) is 5.74. The smallest absolute Gasteiger partial charge is 0.228 e. The van der Waals surface area contributed by atoms with Crippen LogP contribution in [0.5, 0.6) is 0 Å². The Bertz CT molecular complexity index is 379. The fourth-order valence-electron chi connectivity index (χ4n) is 2.77. The molecule has 0 bridgehead atoms. The van der Waals surface area contributed by atoms with E-state index < -0.39 is 0 Å². The molecule has 1 aliphatic carbocycles. The highest BCUT2D eigenvalue weighted by molar-refractivity contribution is 5.84. The van der Waals surface area contributed by atoms with E-state index >= 15 is 0 Å². The zero-order chi connectivity index (χ0) is 14.6. The molecule has 1 heterocycles. The van der Waals surface area contributed by atoms with Crippen LogP contribution in [0.2, 0.25) is 0 Å². The van der Waals surface area contributed by atoms with Gasteiger partial charge in [-0.3, -0.25) is 9.79 Å². The second kappa shape index (κ2) is 6.43. The van der Waals surface area contributed by atoms with E-state index in [1.165, 1.54) is 0 Å². The van der Waals surface area contributed by atoms with Crippen LogP contribution < -0.4 is 11.1 Å². The fourth-order valence-corrected chi connectivity index (χ4v) is 2.77. The number of morpholine rings is 1. The van der Waals surface area contributed by atoms with Crippen LogP contribution in [-0.2, 0) is 9.53 Å². The van der Waals surface area contributed by atoms with Crippen molar-refractivity contribution in [3.8, 4) is 0 Å². The molecule has 114 valence electrons. The first-order chi connectivity index (χ1) is 9.57. The molecular formula is C14H26N4O2. The van der Waals surface area contributed by atoms with E-state index in [1.54, 1.807) is 0 Å². The van der Waals surface area contributed by atoms with Crippen molar-refractivity contribution < 1.29 is 9.53 Å². The van der Waals surface area contributed by atoms with Gasteiger partial charge >= 0.3 is 0 Å². The molecule has 2 aliphatic rings. The minimum absolute atomic E-state index is 0.123. The molecule has 0 spiro atoms. The van der Waals surface area contributed by atoms with Crippen molar-refractivity contribution in [1.82, 2.24) is 10.2 Å². The lowest BCUT2D eigenvalue weighted by Crippen LogP contribution is -2.50. The van der Waals surface area contributed by atoms with E-state index in [9.17, 15) is 4.79 Å². The van der Waals surface area contributed by atoms with Gasteiger partial charge in [0.25, 0.3) is 0 Å². The summed E-state index contributed by atoms with van der Waals surface area (Å²) in [6, 6.07) is 0. The summed E-state index contributed by atoms with van der Waals surface area (Å²) in [4.78, 5) is 18.7. The molecule has 0 aromatic heterocycles. The zero-order valence-electron chi connectivity index (χ0n) is 12.5. The summed E-state index contributed by atoms with van der Waals surface area (Å²) in [5.74, 6) is 0.661. The average molecular weight is 282 g/mol. The highest BCUT2D eigenvalue weighted by Gasteiger charge is 2.43. The van der Waals surface area contributed by atoms with Crippen LogP contribution in [0.4, 0.5) is 0 Å². The Hall–Kier alpha value is -1.30. The van der Waals surface area contributed by atoms with Gasteiger partial charge < -0.3 is 20.7 Å². The number of rotatable bonds is 4. The molecule has 1 saturated heterocycles. The summed E-state index contributed by atoms with van der Waals surface area (Å²) in [6.45, 7) is 7.35. The van der Waals surface area contributed by atoms with Crippen LogP contribution in [-0.4, -0.2) is 55.7 Å². The first kappa shape index (κ1) is 15.1. The molecule has 2 fully saturated rings. The number of carbonyl (C=O) groups excluding carboxylic acids is 1. The average Bonchev–Trinajstić information content (AvgIpc) is 2.37. The molecule has 1 saturated carbocycles. The highest BCUT2D eigenvalue weighted by Crippen LogP contribution is 2.41. The SMILES string of the molecule is CCNC(=O)C1(CN=C(N)N2CCOC(C)C2)CCC1. The van der Waals surface area contributed by atoms with E-state index in [4.69, 9.17) is 10.5 Å². The van der Waals surface area contributed by atoms with Crippen LogP contribution in [0.25, 0.3) is 0 Å². The van der Waals surface area contributed by atoms with Crippen molar-refractivity contribution >= 4 is 11.9 Å². The number of hydrogen-bond donors (Lipinski definition) is 2. The lowest BCUT2D eigenvalue weighted by Gasteiger charge is -2.39. The summed E-state index contributed by atoms with van der Waals surface area (Å²) in [6.07, 6.45) is 3.10. The molecule has 6 nitrogen and oxygen atoms in total. The minimum atomic E-state index is -0.321. The Kier molecular flexibility index (Phi) is 4.86. The molecule has 6 heteroatoms. The van der Waals surface area contributed by atoms with Gasteiger partial charge in [-0.15, -0.1) is 0 Å². The second-order valence-electron chi connectivity index (χ2n) is 5.80. The van der Waals surface area contributed by atoms with Crippen LogP contribution in [0.1, 0.15) is 33.1 Å². The molecule has 1 atom stereocenters. The molecule has 1 amide bonds. The lowest BCUT2D eigenvalue weighted by molar-refractivity contribution is -0.135. The number of amides is 1. The van der Waals surface area contributed by atoms with Gasteiger partial charge in [-0.25, -0.2) is 0 Å². The maximum absolute atomic E-state index is 12.1. The molecule has 1 aliphatic heterocycles. The van der Waals surface area contributed by atoms with E-state index in [1.807, 2.05) is 18.7 Å². The number of nitrogens with zero attached hydrogens (tertiary/aromatic N) is 2. The third-order valence-electron chi connectivity index (χ3n) is 4.24. The number of guanidine groups is 1. The van der Waals surface area contributed by atoms with Crippen LogP contribution in [0.15, 0.2) is 4.99 Å². The fraction of sp³-hybridized carbons (Fsp3) is 0.857. The summed E-state index contributed by atoms with van der Waals surface area (Å²) >= 11 is 0. The van der Waals surface area contributed by atoms with Gasteiger partial charge in [0.15, 0.2) is 5.96 Å². The highest BCUT2D eigenvalue weighted by atomic mass is 16.5. The zero-order valence-corrected chi connectivity index (χ0v) is 12.5. The summed E-state index contributed by atoms with van der Waals surface area (Å²) in [5, 5.41) is 2.92. The van der Waals surface area contributed by atoms with Crippen LogP contribution in [0.3, 0.4) is 0 Å². The second-order valence-corrected chi connectivity index (χ2v) is 5.80. The first-order valence-electron chi connectivity index (χ1n) is 7.52.